The van der Waals surface area contributed by atoms with Crippen LogP contribution in [-0.4, -0.2) is 42.7 Å². The Bertz CT molecular complexity index is 704. The summed E-state index contributed by atoms with van der Waals surface area (Å²) in [6.45, 7) is 0. The highest BCUT2D eigenvalue weighted by Crippen LogP contribution is 2.31. The van der Waals surface area contributed by atoms with E-state index < -0.39 is 21.8 Å². The van der Waals surface area contributed by atoms with Crippen LogP contribution in [0.2, 0.25) is 0 Å². The summed E-state index contributed by atoms with van der Waals surface area (Å²) in [5.74, 6) is -1.02. The summed E-state index contributed by atoms with van der Waals surface area (Å²) < 4.78 is 14.3. The Morgan fingerprint density at radius 1 is 1.43 bits per heavy atom. The molecule has 4 radical (unpaired) electrons. The molecule has 1 aromatic heterocycles. The largest absolute Gasteiger partial charge is 0.325 e. The molecule has 1 N–H and O–H groups in total. The van der Waals surface area contributed by atoms with Crippen molar-refractivity contribution in [2.75, 3.05) is 7.05 Å². The topological polar surface area (TPSA) is 85.9 Å². The lowest BCUT2D eigenvalue weighted by Crippen LogP contribution is -2.42. The van der Waals surface area contributed by atoms with Crippen LogP contribution in [0.25, 0.3) is 11.3 Å². The predicted molar refractivity (Wildman–Crippen MR) is 75.3 cm³/mol. The SMILES string of the molecule is [B]C([B])(NC)c1nn(C)nc1-c1cccc([N+](=O)[O-])c1F. The van der Waals surface area contributed by atoms with Crippen LogP contribution in [0.3, 0.4) is 0 Å². The number of aryl methyl sites for hydroxylation is 1. The molecule has 0 amide bonds. The average molecular weight is 285 g/mol. The number of aromatic nitrogens is 3. The van der Waals surface area contributed by atoms with Gasteiger partial charge in [0.25, 0.3) is 0 Å². The summed E-state index contributed by atoms with van der Waals surface area (Å²) in [5.41, 5.74) is -0.638. The maximum atomic E-state index is 14.3. The second-order valence-electron chi connectivity index (χ2n) is 4.40. The van der Waals surface area contributed by atoms with Gasteiger partial charge in [0, 0.05) is 18.7 Å². The molecule has 0 bridgehead atoms. The van der Waals surface area contributed by atoms with Gasteiger partial charge in [0.15, 0.2) is 0 Å². The van der Waals surface area contributed by atoms with Crippen molar-refractivity contribution >= 4 is 21.4 Å². The Balaban J connectivity index is 2.69. The molecule has 2 rings (SSSR count). The minimum Gasteiger partial charge on any atom is -0.325 e. The summed E-state index contributed by atoms with van der Waals surface area (Å²) in [6, 6.07) is 3.76. The van der Waals surface area contributed by atoms with Gasteiger partial charge >= 0.3 is 5.69 Å². The maximum Gasteiger partial charge on any atom is 0.305 e. The third kappa shape index (κ3) is 2.66. The first kappa shape index (κ1) is 15.2. The van der Waals surface area contributed by atoms with E-state index >= 15 is 0 Å². The molecule has 0 saturated carbocycles. The second kappa shape index (κ2) is 5.28. The van der Waals surface area contributed by atoms with Gasteiger partial charge in [-0.15, -0.1) is 0 Å². The van der Waals surface area contributed by atoms with Crippen LogP contribution in [0.15, 0.2) is 18.2 Å². The minimum absolute atomic E-state index is 0.0399. The summed E-state index contributed by atoms with van der Waals surface area (Å²) in [7, 11) is 14.7. The van der Waals surface area contributed by atoms with Crippen LogP contribution in [0.4, 0.5) is 10.1 Å². The molecule has 1 heterocycles. The minimum atomic E-state index is -1.55. The molecule has 0 aliphatic rings. The molecule has 0 aliphatic carbocycles. The Hall–Kier alpha value is -2.22. The van der Waals surface area contributed by atoms with Crippen LogP contribution in [0.1, 0.15) is 5.69 Å². The summed E-state index contributed by atoms with van der Waals surface area (Å²) in [5, 5.41) is 19.9. The van der Waals surface area contributed by atoms with E-state index in [1.807, 2.05) is 0 Å². The molecule has 0 spiro atoms. The molecule has 2 aromatic rings. The molecule has 0 atom stereocenters. The predicted octanol–water partition coefficient (Wildman–Crippen LogP) is 0.196. The molecule has 0 aliphatic heterocycles. The van der Waals surface area contributed by atoms with Gasteiger partial charge in [0.1, 0.15) is 5.69 Å². The van der Waals surface area contributed by atoms with Crippen molar-refractivity contribution in [3.05, 3.63) is 39.8 Å². The number of hydrogen-bond donors (Lipinski definition) is 1. The number of nitrogens with one attached hydrogen (secondary N) is 1. The monoisotopic (exact) mass is 285 g/mol. The van der Waals surface area contributed by atoms with Gasteiger partial charge < -0.3 is 5.32 Å². The third-order valence-electron chi connectivity index (χ3n) is 2.95. The number of nitrogens with zero attached hydrogens (tertiary/aromatic N) is 4. The first-order chi connectivity index (χ1) is 9.77. The Morgan fingerprint density at radius 3 is 2.67 bits per heavy atom. The molecule has 0 unspecified atom stereocenters. The molecular weight excluding hydrogens is 275 g/mol. The summed E-state index contributed by atoms with van der Waals surface area (Å²) in [6.07, 6.45) is 0. The average Bonchev–Trinajstić information content (AvgIpc) is 2.81. The fraction of sp³-hybridized carbons (Fsp3) is 0.273. The van der Waals surface area contributed by atoms with Crippen molar-refractivity contribution in [1.82, 2.24) is 20.3 Å². The zero-order chi connectivity index (χ0) is 15.8. The molecule has 104 valence electrons. The van der Waals surface area contributed by atoms with Crippen molar-refractivity contribution in [2.45, 2.75) is 5.34 Å². The molecule has 7 nitrogen and oxygen atoms in total. The van der Waals surface area contributed by atoms with Gasteiger partial charge in [-0.1, -0.05) is 6.07 Å². The van der Waals surface area contributed by atoms with Crippen molar-refractivity contribution in [3.63, 3.8) is 0 Å². The van der Waals surface area contributed by atoms with Crippen LogP contribution in [-0.2, 0) is 12.4 Å². The van der Waals surface area contributed by atoms with Gasteiger partial charge in [-0.3, -0.25) is 10.1 Å². The summed E-state index contributed by atoms with van der Waals surface area (Å²) >= 11 is 0. The first-order valence-corrected chi connectivity index (χ1v) is 5.89. The van der Waals surface area contributed by atoms with Crippen molar-refractivity contribution < 1.29 is 9.31 Å². The van der Waals surface area contributed by atoms with Gasteiger partial charge in [0.05, 0.1) is 26.3 Å². The zero-order valence-electron chi connectivity index (χ0n) is 11.4. The number of hydrogen-bond acceptors (Lipinski definition) is 5. The number of nitro groups is 1. The third-order valence-corrected chi connectivity index (χ3v) is 2.95. The fourth-order valence-electron chi connectivity index (χ4n) is 1.83. The standard InChI is InChI=1S/C11H10B2FN5O2/c1-15-11(12,13)10-9(16-18(2)17-10)6-4-3-5-7(8(6)14)19(20)21/h3-5,15H,1-2H3. The van der Waals surface area contributed by atoms with E-state index in [1.165, 1.54) is 26.2 Å². The number of nitro benzene ring substituents is 1. The van der Waals surface area contributed by atoms with Gasteiger partial charge in [-0.05, 0) is 18.5 Å². The molecule has 10 heteroatoms. The normalized spacial score (nSPS) is 11.6. The molecule has 0 fully saturated rings. The highest BCUT2D eigenvalue weighted by atomic mass is 19.1. The van der Waals surface area contributed by atoms with E-state index in [9.17, 15) is 14.5 Å². The Morgan fingerprint density at radius 2 is 2.10 bits per heavy atom. The van der Waals surface area contributed by atoms with Gasteiger partial charge in [-0.25, -0.2) is 0 Å². The van der Waals surface area contributed by atoms with E-state index in [0.717, 1.165) is 10.9 Å². The molecular formula is C11H10B2FN5O2. The van der Waals surface area contributed by atoms with E-state index in [4.69, 9.17) is 15.7 Å². The highest BCUT2D eigenvalue weighted by molar-refractivity contribution is 6.39. The van der Waals surface area contributed by atoms with Crippen LogP contribution in [0.5, 0.6) is 0 Å². The van der Waals surface area contributed by atoms with E-state index in [2.05, 4.69) is 15.5 Å². The Kier molecular flexibility index (Phi) is 3.82. The smallest absolute Gasteiger partial charge is 0.305 e. The first-order valence-electron chi connectivity index (χ1n) is 5.89. The van der Waals surface area contributed by atoms with Crippen molar-refractivity contribution in [1.29, 1.82) is 0 Å². The lowest BCUT2D eigenvalue weighted by atomic mass is 9.59. The van der Waals surface area contributed by atoms with E-state index in [-0.39, 0.29) is 17.0 Å². The Labute approximate surface area is 122 Å². The lowest BCUT2D eigenvalue weighted by molar-refractivity contribution is -0.387. The van der Waals surface area contributed by atoms with E-state index in [1.54, 1.807) is 0 Å². The summed E-state index contributed by atoms with van der Waals surface area (Å²) in [4.78, 5) is 11.2. The molecule has 1 aromatic carbocycles. The zero-order valence-corrected chi connectivity index (χ0v) is 11.4. The van der Waals surface area contributed by atoms with Crippen LogP contribution >= 0.6 is 0 Å². The van der Waals surface area contributed by atoms with Crippen molar-refractivity contribution in [3.8, 4) is 11.3 Å². The number of halogens is 1. The highest BCUT2D eigenvalue weighted by Gasteiger charge is 2.29. The second-order valence-corrected chi connectivity index (χ2v) is 4.40. The molecule has 0 saturated heterocycles. The number of benzene rings is 1. The fourth-order valence-corrected chi connectivity index (χ4v) is 1.83. The van der Waals surface area contributed by atoms with Gasteiger partial charge in [-0.2, -0.15) is 19.4 Å². The lowest BCUT2D eigenvalue weighted by Gasteiger charge is -2.23. The van der Waals surface area contributed by atoms with Crippen LogP contribution < -0.4 is 5.32 Å². The van der Waals surface area contributed by atoms with Gasteiger partial charge in [0.2, 0.25) is 5.82 Å². The maximum absolute atomic E-state index is 14.3. The quantitative estimate of drug-likeness (QED) is 0.492. The van der Waals surface area contributed by atoms with E-state index in [0.29, 0.717) is 0 Å². The van der Waals surface area contributed by atoms with Crippen molar-refractivity contribution in [2.24, 2.45) is 7.05 Å². The van der Waals surface area contributed by atoms with Crippen LogP contribution in [0, 0.1) is 15.9 Å². The molecule has 21 heavy (non-hydrogen) atoms. The number of rotatable bonds is 4.